The fourth-order valence-corrected chi connectivity index (χ4v) is 3.35. The van der Waals surface area contributed by atoms with Crippen LogP contribution in [0.1, 0.15) is 60.0 Å². The third-order valence-electron chi connectivity index (χ3n) is 5.11. The van der Waals surface area contributed by atoms with Gasteiger partial charge in [-0.25, -0.2) is 0 Å². The molecule has 134 valence electrons. The highest BCUT2D eigenvalue weighted by Crippen LogP contribution is 2.24. The van der Waals surface area contributed by atoms with Crippen molar-refractivity contribution in [2.24, 2.45) is 5.92 Å². The highest BCUT2D eigenvalue weighted by Gasteiger charge is 2.23. The minimum absolute atomic E-state index is 0.00368. The highest BCUT2D eigenvalue weighted by molar-refractivity contribution is 5.94. The molecular formula is C20H26N2O3. The first-order chi connectivity index (χ1) is 12.0. The largest absolute Gasteiger partial charge is 0.489 e. The summed E-state index contributed by atoms with van der Waals surface area (Å²) in [5.41, 5.74) is 2.48. The fourth-order valence-electron chi connectivity index (χ4n) is 3.35. The maximum Gasteiger partial charge on any atom is 0.251 e. The van der Waals surface area contributed by atoms with Crippen molar-refractivity contribution in [1.29, 1.82) is 0 Å². The molecule has 2 unspecified atom stereocenters. The Hall–Kier alpha value is -2.30. The van der Waals surface area contributed by atoms with E-state index in [-0.39, 0.29) is 11.9 Å². The molecule has 1 aliphatic carbocycles. The van der Waals surface area contributed by atoms with E-state index in [1.54, 1.807) is 0 Å². The molecule has 2 atom stereocenters. The number of amides is 1. The van der Waals surface area contributed by atoms with Gasteiger partial charge in [0.05, 0.1) is 11.3 Å². The van der Waals surface area contributed by atoms with E-state index in [2.05, 4.69) is 17.4 Å². The van der Waals surface area contributed by atoms with Crippen molar-refractivity contribution in [3.05, 3.63) is 46.8 Å². The molecule has 2 aromatic rings. The van der Waals surface area contributed by atoms with Crippen LogP contribution in [0.5, 0.6) is 5.75 Å². The first-order valence-electron chi connectivity index (χ1n) is 9.00. The Morgan fingerprint density at radius 1 is 1.24 bits per heavy atom. The van der Waals surface area contributed by atoms with Crippen molar-refractivity contribution >= 4 is 5.91 Å². The minimum Gasteiger partial charge on any atom is -0.489 e. The van der Waals surface area contributed by atoms with E-state index in [0.29, 0.717) is 18.1 Å². The quantitative estimate of drug-likeness (QED) is 0.885. The predicted molar refractivity (Wildman–Crippen MR) is 95.6 cm³/mol. The number of rotatable bonds is 5. The van der Waals surface area contributed by atoms with Gasteiger partial charge in [-0.3, -0.25) is 4.79 Å². The maximum atomic E-state index is 12.4. The molecule has 5 nitrogen and oxygen atoms in total. The third kappa shape index (κ3) is 4.21. The van der Waals surface area contributed by atoms with E-state index in [1.165, 1.54) is 19.3 Å². The number of hydrogen-bond donors (Lipinski definition) is 1. The molecule has 25 heavy (non-hydrogen) atoms. The summed E-state index contributed by atoms with van der Waals surface area (Å²) >= 11 is 0. The number of ether oxygens (including phenoxy) is 1. The fraction of sp³-hybridized carbons (Fsp3) is 0.500. The number of nitrogens with one attached hydrogen (secondary N) is 1. The third-order valence-corrected chi connectivity index (χ3v) is 5.11. The first-order valence-corrected chi connectivity index (χ1v) is 9.00. The Balaban J connectivity index is 1.57. The van der Waals surface area contributed by atoms with Crippen molar-refractivity contribution in [3.8, 4) is 5.75 Å². The van der Waals surface area contributed by atoms with Gasteiger partial charge in [-0.2, -0.15) is 0 Å². The number of carbonyl (C=O) groups excluding carboxylic acids is 1. The molecule has 1 fully saturated rings. The molecule has 1 aromatic heterocycles. The Morgan fingerprint density at radius 3 is 2.60 bits per heavy atom. The molecule has 1 aliphatic rings. The SMILES string of the molecule is Cc1noc(C)c1COc1ccc(C(=O)NC2CCCCC2C)cc1. The summed E-state index contributed by atoms with van der Waals surface area (Å²) in [6.45, 7) is 6.40. The lowest BCUT2D eigenvalue weighted by molar-refractivity contribution is 0.0910. The maximum absolute atomic E-state index is 12.4. The lowest BCUT2D eigenvalue weighted by Gasteiger charge is -2.29. The molecule has 1 saturated carbocycles. The molecule has 1 heterocycles. The zero-order valence-corrected chi connectivity index (χ0v) is 15.2. The summed E-state index contributed by atoms with van der Waals surface area (Å²) in [4.78, 5) is 12.4. The van der Waals surface area contributed by atoms with Crippen LogP contribution in [-0.4, -0.2) is 17.1 Å². The van der Waals surface area contributed by atoms with Crippen molar-refractivity contribution in [1.82, 2.24) is 10.5 Å². The van der Waals surface area contributed by atoms with Crippen molar-refractivity contribution in [3.63, 3.8) is 0 Å². The second-order valence-corrected chi connectivity index (χ2v) is 6.96. The second-order valence-electron chi connectivity index (χ2n) is 6.96. The normalized spacial score (nSPS) is 20.3. The number of benzene rings is 1. The van der Waals surface area contributed by atoms with Crippen molar-refractivity contribution in [2.45, 2.75) is 59.1 Å². The molecule has 3 rings (SSSR count). The van der Waals surface area contributed by atoms with Gasteiger partial charge in [0, 0.05) is 11.6 Å². The highest BCUT2D eigenvalue weighted by atomic mass is 16.5. The van der Waals surface area contributed by atoms with E-state index in [0.717, 1.165) is 29.2 Å². The van der Waals surface area contributed by atoms with Crippen LogP contribution in [0.15, 0.2) is 28.8 Å². The minimum atomic E-state index is -0.00368. The van der Waals surface area contributed by atoms with Gasteiger partial charge in [-0.1, -0.05) is 24.9 Å². The van der Waals surface area contributed by atoms with E-state index in [4.69, 9.17) is 9.26 Å². The smallest absolute Gasteiger partial charge is 0.251 e. The first kappa shape index (κ1) is 17.5. The average Bonchev–Trinajstić information content (AvgIpc) is 2.93. The van der Waals surface area contributed by atoms with Crippen LogP contribution in [0.4, 0.5) is 0 Å². The Bertz CT molecular complexity index is 702. The van der Waals surface area contributed by atoms with Gasteiger partial charge in [0.1, 0.15) is 18.1 Å². The summed E-state index contributed by atoms with van der Waals surface area (Å²) in [6.07, 6.45) is 4.74. The molecular weight excluding hydrogens is 316 g/mol. The number of aromatic nitrogens is 1. The van der Waals surface area contributed by atoms with Crippen LogP contribution in [0.3, 0.4) is 0 Å². The summed E-state index contributed by atoms with van der Waals surface area (Å²) in [7, 11) is 0. The Labute approximate surface area is 148 Å². The Morgan fingerprint density at radius 2 is 1.96 bits per heavy atom. The Kier molecular flexibility index (Phi) is 5.41. The van der Waals surface area contributed by atoms with Crippen LogP contribution < -0.4 is 10.1 Å². The average molecular weight is 342 g/mol. The molecule has 1 N–H and O–H groups in total. The van der Waals surface area contributed by atoms with E-state index in [1.807, 2.05) is 38.1 Å². The van der Waals surface area contributed by atoms with Crippen molar-refractivity contribution in [2.75, 3.05) is 0 Å². The zero-order chi connectivity index (χ0) is 17.8. The van der Waals surface area contributed by atoms with Crippen molar-refractivity contribution < 1.29 is 14.1 Å². The van der Waals surface area contributed by atoms with Crippen LogP contribution in [0.2, 0.25) is 0 Å². The number of aryl methyl sites for hydroxylation is 2. The number of hydrogen-bond acceptors (Lipinski definition) is 4. The number of nitrogens with zero attached hydrogens (tertiary/aromatic N) is 1. The van der Waals surface area contributed by atoms with Gasteiger partial charge < -0.3 is 14.6 Å². The van der Waals surface area contributed by atoms with Crippen LogP contribution >= 0.6 is 0 Å². The topological polar surface area (TPSA) is 64.4 Å². The molecule has 0 bridgehead atoms. The summed E-state index contributed by atoms with van der Waals surface area (Å²) in [5.74, 6) is 2.05. The second kappa shape index (κ2) is 7.72. The molecule has 1 amide bonds. The molecule has 0 aliphatic heterocycles. The monoisotopic (exact) mass is 342 g/mol. The summed E-state index contributed by atoms with van der Waals surface area (Å²) < 4.78 is 10.9. The zero-order valence-electron chi connectivity index (χ0n) is 15.2. The van der Waals surface area contributed by atoms with Gasteiger partial charge in [0.2, 0.25) is 0 Å². The molecule has 0 saturated heterocycles. The number of carbonyl (C=O) groups is 1. The van der Waals surface area contributed by atoms with Gasteiger partial charge in [-0.15, -0.1) is 0 Å². The van der Waals surface area contributed by atoms with Gasteiger partial charge >= 0.3 is 0 Å². The van der Waals surface area contributed by atoms with Gasteiger partial charge in [-0.05, 0) is 56.9 Å². The lowest BCUT2D eigenvalue weighted by atomic mass is 9.86. The lowest BCUT2D eigenvalue weighted by Crippen LogP contribution is -2.41. The van der Waals surface area contributed by atoms with Crippen LogP contribution in [-0.2, 0) is 6.61 Å². The van der Waals surface area contributed by atoms with E-state index in [9.17, 15) is 4.79 Å². The molecule has 5 heteroatoms. The summed E-state index contributed by atoms with van der Waals surface area (Å²) in [6, 6.07) is 7.57. The summed E-state index contributed by atoms with van der Waals surface area (Å²) in [5, 5.41) is 7.09. The molecule has 0 radical (unpaired) electrons. The van der Waals surface area contributed by atoms with Gasteiger partial charge in [0.25, 0.3) is 5.91 Å². The standard InChI is InChI=1S/C20H26N2O3/c1-13-6-4-5-7-19(13)21-20(23)16-8-10-17(11-9-16)24-12-18-14(2)22-25-15(18)3/h8-11,13,19H,4-7,12H2,1-3H3,(H,21,23). The molecule has 1 aromatic carbocycles. The predicted octanol–water partition coefficient (Wildman–Crippen LogP) is 4.18. The van der Waals surface area contributed by atoms with Gasteiger partial charge in [0.15, 0.2) is 0 Å². The molecule has 0 spiro atoms. The van der Waals surface area contributed by atoms with Crippen LogP contribution in [0.25, 0.3) is 0 Å². The van der Waals surface area contributed by atoms with Crippen LogP contribution in [0, 0.1) is 19.8 Å². The van der Waals surface area contributed by atoms with E-state index >= 15 is 0 Å². The van der Waals surface area contributed by atoms with E-state index < -0.39 is 0 Å².